The summed E-state index contributed by atoms with van der Waals surface area (Å²) in [5.41, 5.74) is 11.9. The van der Waals surface area contributed by atoms with Crippen molar-refractivity contribution < 1.29 is 0 Å². The van der Waals surface area contributed by atoms with Crippen LogP contribution in [0.3, 0.4) is 0 Å². The Bertz CT molecular complexity index is 2560. The fourth-order valence-corrected chi connectivity index (χ4v) is 7.10. The maximum absolute atomic E-state index is 9.62. The number of rotatable bonds is 4. The van der Waals surface area contributed by atoms with Gasteiger partial charge in [-0.1, -0.05) is 109 Å². The number of para-hydroxylation sites is 4. The molecular formula is C43H27N3. The van der Waals surface area contributed by atoms with E-state index in [9.17, 15) is 5.26 Å². The maximum atomic E-state index is 9.62. The lowest BCUT2D eigenvalue weighted by Gasteiger charge is -2.17. The van der Waals surface area contributed by atoms with E-state index in [1.54, 1.807) is 0 Å². The zero-order valence-corrected chi connectivity index (χ0v) is 24.9. The zero-order valence-electron chi connectivity index (χ0n) is 24.9. The van der Waals surface area contributed by atoms with Crippen LogP contribution < -0.4 is 0 Å². The minimum Gasteiger partial charge on any atom is -0.309 e. The molecule has 46 heavy (non-hydrogen) atoms. The molecule has 0 saturated heterocycles. The first kappa shape index (κ1) is 26.1. The summed E-state index contributed by atoms with van der Waals surface area (Å²) in [7, 11) is 0. The first-order valence-corrected chi connectivity index (χ1v) is 15.5. The Morgan fingerprint density at radius 1 is 0.391 bits per heavy atom. The Labute approximate surface area is 266 Å². The molecule has 9 aromatic rings. The number of hydrogen-bond donors (Lipinski definition) is 0. The van der Waals surface area contributed by atoms with Gasteiger partial charge in [0.2, 0.25) is 0 Å². The summed E-state index contributed by atoms with van der Waals surface area (Å²) in [6.45, 7) is 0. The van der Waals surface area contributed by atoms with Crippen LogP contribution in [0.4, 0.5) is 0 Å². The molecule has 0 saturated carbocycles. The van der Waals surface area contributed by atoms with Crippen LogP contribution in [-0.2, 0) is 0 Å². The molecule has 3 nitrogen and oxygen atoms in total. The second kappa shape index (κ2) is 10.4. The number of hydrogen-bond acceptors (Lipinski definition) is 1. The van der Waals surface area contributed by atoms with Gasteiger partial charge in [0.15, 0.2) is 0 Å². The molecule has 9 rings (SSSR count). The van der Waals surface area contributed by atoms with Crippen LogP contribution in [0.25, 0.3) is 77.2 Å². The van der Waals surface area contributed by atoms with Crippen molar-refractivity contribution in [2.75, 3.05) is 0 Å². The third-order valence-electron chi connectivity index (χ3n) is 9.14. The minimum absolute atomic E-state index is 0.652. The van der Waals surface area contributed by atoms with Crippen LogP contribution in [0.1, 0.15) is 5.56 Å². The lowest BCUT2D eigenvalue weighted by molar-refractivity contribution is 1.17. The lowest BCUT2D eigenvalue weighted by atomic mass is 9.96. The summed E-state index contributed by atoms with van der Waals surface area (Å²) in [5, 5.41) is 14.6. The van der Waals surface area contributed by atoms with Crippen molar-refractivity contribution in [3.8, 4) is 39.7 Å². The summed E-state index contributed by atoms with van der Waals surface area (Å²) in [4.78, 5) is 0. The van der Waals surface area contributed by atoms with Crippen molar-refractivity contribution in [1.82, 2.24) is 9.13 Å². The van der Waals surface area contributed by atoms with E-state index in [0.29, 0.717) is 5.56 Å². The molecule has 0 aliphatic carbocycles. The molecule has 0 bridgehead atoms. The lowest BCUT2D eigenvalue weighted by Crippen LogP contribution is -1.99. The molecule has 0 unspecified atom stereocenters. The number of nitrogens with zero attached hydrogens (tertiary/aromatic N) is 3. The summed E-state index contributed by atoms with van der Waals surface area (Å²) >= 11 is 0. The first-order chi connectivity index (χ1) is 22.8. The van der Waals surface area contributed by atoms with Gasteiger partial charge in [-0.3, -0.25) is 0 Å². The highest BCUT2D eigenvalue weighted by molar-refractivity contribution is 6.10. The van der Waals surface area contributed by atoms with Crippen LogP contribution in [0.15, 0.2) is 164 Å². The Hall–Kier alpha value is -6.37. The Morgan fingerprint density at radius 3 is 1.48 bits per heavy atom. The molecule has 0 N–H and O–H groups in total. The highest BCUT2D eigenvalue weighted by Crippen LogP contribution is 2.39. The number of aromatic nitrogens is 2. The maximum Gasteiger partial charge on any atom is 0.0991 e. The highest BCUT2D eigenvalue weighted by Gasteiger charge is 2.18. The van der Waals surface area contributed by atoms with Gasteiger partial charge in [-0.25, -0.2) is 0 Å². The van der Waals surface area contributed by atoms with Gasteiger partial charge in [-0.2, -0.15) is 5.26 Å². The van der Waals surface area contributed by atoms with E-state index in [2.05, 4.69) is 161 Å². The van der Waals surface area contributed by atoms with Gasteiger partial charge >= 0.3 is 0 Å². The smallest absolute Gasteiger partial charge is 0.0991 e. The fraction of sp³-hybridized carbons (Fsp3) is 0. The third-order valence-corrected chi connectivity index (χ3v) is 9.14. The van der Waals surface area contributed by atoms with Crippen molar-refractivity contribution >= 4 is 43.6 Å². The topological polar surface area (TPSA) is 33.6 Å². The molecule has 0 atom stereocenters. The highest BCUT2D eigenvalue weighted by atomic mass is 15.0. The van der Waals surface area contributed by atoms with Gasteiger partial charge in [0.1, 0.15) is 0 Å². The van der Waals surface area contributed by atoms with Crippen molar-refractivity contribution in [3.05, 3.63) is 169 Å². The number of benzene rings is 7. The predicted octanol–water partition coefficient (Wildman–Crippen LogP) is 11.1. The summed E-state index contributed by atoms with van der Waals surface area (Å²) in [6.07, 6.45) is 0. The van der Waals surface area contributed by atoms with Crippen molar-refractivity contribution in [2.24, 2.45) is 0 Å². The van der Waals surface area contributed by atoms with Gasteiger partial charge in [0, 0.05) is 32.8 Å². The van der Waals surface area contributed by atoms with E-state index in [0.717, 1.165) is 44.7 Å². The molecular weight excluding hydrogens is 558 g/mol. The normalized spacial score (nSPS) is 11.5. The average molecular weight is 586 g/mol. The second-order valence-electron chi connectivity index (χ2n) is 11.7. The third kappa shape index (κ3) is 3.98. The molecule has 0 aliphatic heterocycles. The van der Waals surface area contributed by atoms with Crippen molar-refractivity contribution in [2.45, 2.75) is 0 Å². The van der Waals surface area contributed by atoms with Crippen LogP contribution >= 0.6 is 0 Å². The van der Waals surface area contributed by atoms with Crippen LogP contribution in [0.2, 0.25) is 0 Å². The number of fused-ring (bicyclic) bond motifs is 6. The van der Waals surface area contributed by atoms with Gasteiger partial charge in [0.25, 0.3) is 0 Å². The van der Waals surface area contributed by atoms with Crippen LogP contribution in [0, 0.1) is 11.3 Å². The molecule has 0 aliphatic rings. The summed E-state index contributed by atoms with van der Waals surface area (Å²) < 4.78 is 4.76. The Balaban J connectivity index is 1.33. The monoisotopic (exact) mass is 585 g/mol. The van der Waals surface area contributed by atoms with Gasteiger partial charge in [-0.15, -0.1) is 0 Å². The number of nitriles is 1. The Kier molecular flexibility index (Phi) is 5.88. The van der Waals surface area contributed by atoms with Crippen molar-refractivity contribution in [1.29, 1.82) is 5.26 Å². The van der Waals surface area contributed by atoms with E-state index in [4.69, 9.17) is 0 Å². The van der Waals surface area contributed by atoms with Crippen molar-refractivity contribution in [3.63, 3.8) is 0 Å². The minimum atomic E-state index is 0.652. The zero-order chi connectivity index (χ0) is 30.6. The molecule has 214 valence electrons. The largest absolute Gasteiger partial charge is 0.309 e. The second-order valence-corrected chi connectivity index (χ2v) is 11.7. The van der Waals surface area contributed by atoms with Crippen LogP contribution in [-0.4, -0.2) is 9.13 Å². The molecule has 0 amide bonds. The van der Waals surface area contributed by atoms with E-state index in [1.165, 1.54) is 32.6 Å². The quantitative estimate of drug-likeness (QED) is 0.202. The summed E-state index contributed by atoms with van der Waals surface area (Å²) in [6, 6.07) is 60.3. The molecule has 0 spiro atoms. The Morgan fingerprint density at radius 2 is 0.891 bits per heavy atom. The SMILES string of the molecule is N#Cc1cccc(-c2ccc(-c3cccc(-n4c5ccccc5c5ccccc54)c3)c(-n3c4ccccc4c4ccccc43)c2)c1. The predicted molar refractivity (Wildman–Crippen MR) is 191 cm³/mol. The first-order valence-electron chi connectivity index (χ1n) is 15.5. The fourth-order valence-electron chi connectivity index (χ4n) is 7.10. The van der Waals surface area contributed by atoms with Gasteiger partial charge in [0.05, 0.1) is 39.4 Å². The summed E-state index contributed by atoms with van der Waals surface area (Å²) in [5.74, 6) is 0. The average Bonchev–Trinajstić information content (AvgIpc) is 3.65. The molecule has 7 aromatic carbocycles. The standard InChI is InChI=1S/C43H27N3/c44-28-29-11-9-12-30(25-29)31-23-24-34(43(27-31)46-41-21-7-3-17-37(41)38-18-4-8-22-42(38)46)32-13-10-14-33(26-32)45-39-19-5-1-15-35(39)36-16-2-6-20-40(36)45/h1-27H. The molecule has 0 fully saturated rings. The molecule has 3 heteroatoms. The van der Waals surface area contributed by atoms with Gasteiger partial charge in [-0.05, 0) is 71.3 Å². The van der Waals surface area contributed by atoms with E-state index in [-0.39, 0.29) is 0 Å². The molecule has 2 heterocycles. The molecule has 0 radical (unpaired) electrons. The van der Waals surface area contributed by atoms with E-state index < -0.39 is 0 Å². The van der Waals surface area contributed by atoms with Gasteiger partial charge < -0.3 is 9.13 Å². The van der Waals surface area contributed by atoms with E-state index in [1.807, 2.05) is 18.2 Å². The molecule has 2 aromatic heterocycles. The van der Waals surface area contributed by atoms with E-state index >= 15 is 0 Å². The van der Waals surface area contributed by atoms with Crippen LogP contribution in [0.5, 0.6) is 0 Å².